The average Bonchev–Trinajstić information content (AvgIpc) is 3.23. The molecule has 4 aromatic rings. The lowest BCUT2D eigenvalue weighted by atomic mass is 10.1. The Morgan fingerprint density at radius 1 is 0.935 bits per heavy atom. The first-order valence-electron chi connectivity index (χ1n) is 9.87. The van der Waals surface area contributed by atoms with Crippen LogP contribution in [0.5, 0.6) is 5.75 Å². The van der Waals surface area contributed by atoms with Crippen LogP contribution in [0.25, 0.3) is 11.5 Å². The van der Waals surface area contributed by atoms with E-state index in [0.29, 0.717) is 29.9 Å². The molecule has 0 unspecified atom stereocenters. The number of hydrogen-bond donors (Lipinski definition) is 1. The number of nitrogens with one attached hydrogen (secondary N) is 1. The molecule has 154 valence electrons. The number of nitrogens with zero attached hydrogens (tertiary/aromatic N) is 2. The van der Waals surface area contributed by atoms with Crippen LogP contribution in [0.3, 0.4) is 0 Å². The number of hydrogen-bond acceptors (Lipinski definition) is 5. The molecule has 0 radical (unpaired) electrons. The van der Waals surface area contributed by atoms with E-state index in [-0.39, 0.29) is 5.69 Å². The summed E-state index contributed by atoms with van der Waals surface area (Å²) >= 11 is 5.90. The topological polar surface area (TPSA) is 71.1 Å². The monoisotopic (exact) mass is 429 g/mol. The zero-order valence-electron chi connectivity index (χ0n) is 16.7. The summed E-state index contributed by atoms with van der Waals surface area (Å²) < 4.78 is 11.6. The van der Waals surface area contributed by atoms with Gasteiger partial charge in [0.1, 0.15) is 18.4 Å². The number of halogens is 1. The highest BCUT2D eigenvalue weighted by Gasteiger charge is 2.14. The molecule has 0 atom stereocenters. The normalized spacial score (nSPS) is 10.5. The fourth-order valence-electron chi connectivity index (χ4n) is 3.05. The largest absolute Gasteiger partial charge is 0.489 e. The summed E-state index contributed by atoms with van der Waals surface area (Å²) in [7, 11) is 0. The van der Waals surface area contributed by atoms with E-state index < -0.39 is 0 Å². The van der Waals surface area contributed by atoms with Crippen LogP contribution < -0.4 is 10.1 Å². The molecule has 31 heavy (non-hydrogen) atoms. The second-order valence-corrected chi connectivity index (χ2v) is 7.35. The first kappa shape index (κ1) is 20.5. The maximum atomic E-state index is 9.39. The predicted molar refractivity (Wildman–Crippen MR) is 121 cm³/mol. The molecule has 0 aliphatic rings. The van der Waals surface area contributed by atoms with Gasteiger partial charge in [-0.15, -0.1) is 0 Å². The molecule has 0 amide bonds. The van der Waals surface area contributed by atoms with Crippen molar-refractivity contribution in [2.24, 2.45) is 0 Å². The van der Waals surface area contributed by atoms with Crippen LogP contribution in [-0.4, -0.2) is 11.5 Å². The van der Waals surface area contributed by atoms with Gasteiger partial charge in [0.25, 0.3) is 0 Å². The third kappa shape index (κ3) is 5.44. The van der Waals surface area contributed by atoms with Gasteiger partial charge in [0.2, 0.25) is 17.5 Å². The summed E-state index contributed by atoms with van der Waals surface area (Å²) in [5, 5.41) is 13.3. The number of benzene rings is 3. The van der Waals surface area contributed by atoms with E-state index in [1.54, 1.807) is 0 Å². The minimum absolute atomic E-state index is 0.242. The highest BCUT2D eigenvalue weighted by Crippen LogP contribution is 2.27. The molecular formula is C25H20ClN3O2. The number of oxazole rings is 1. The third-order valence-electron chi connectivity index (χ3n) is 4.70. The fraction of sp³-hybridized carbons (Fsp3) is 0.120. The quantitative estimate of drug-likeness (QED) is 0.366. The van der Waals surface area contributed by atoms with Crippen molar-refractivity contribution in [3.8, 4) is 23.3 Å². The van der Waals surface area contributed by atoms with Crippen molar-refractivity contribution in [1.82, 2.24) is 4.98 Å². The first-order chi connectivity index (χ1) is 15.2. The molecule has 1 heterocycles. The van der Waals surface area contributed by atoms with Gasteiger partial charge in [-0.2, -0.15) is 10.2 Å². The van der Waals surface area contributed by atoms with Gasteiger partial charge in [0, 0.05) is 17.1 Å². The molecule has 1 N–H and O–H groups in total. The predicted octanol–water partition coefficient (Wildman–Crippen LogP) is 6.10. The van der Waals surface area contributed by atoms with Crippen LogP contribution in [0.4, 0.5) is 5.88 Å². The summed E-state index contributed by atoms with van der Waals surface area (Å²) in [5.41, 5.74) is 3.26. The molecule has 4 rings (SSSR count). The SMILES string of the molecule is N#Cc1nc(-c2ccc(OCc3ccc(Cl)cc3)cc2)oc1NCCc1ccccc1. The van der Waals surface area contributed by atoms with E-state index in [0.717, 1.165) is 23.3 Å². The van der Waals surface area contributed by atoms with Gasteiger partial charge in [-0.05, 0) is 53.9 Å². The van der Waals surface area contributed by atoms with Crippen LogP contribution in [0.1, 0.15) is 16.8 Å². The number of nitriles is 1. The highest BCUT2D eigenvalue weighted by molar-refractivity contribution is 6.30. The third-order valence-corrected chi connectivity index (χ3v) is 4.95. The maximum Gasteiger partial charge on any atom is 0.232 e. The summed E-state index contributed by atoms with van der Waals surface area (Å²) in [6.07, 6.45) is 0.821. The van der Waals surface area contributed by atoms with Crippen molar-refractivity contribution >= 4 is 17.5 Å². The summed E-state index contributed by atoms with van der Waals surface area (Å²) in [6.45, 7) is 1.09. The Hall–Kier alpha value is -3.75. The van der Waals surface area contributed by atoms with E-state index in [9.17, 15) is 5.26 Å². The average molecular weight is 430 g/mol. The molecule has 0 fully saturated rings. The Kier molecular flexibility index (Phi) is 6.51. The molecular weight excluding hydrogens is 410 g/mol. The maximum absolute atomic E-state index is 9.39. The lowest BCUT2D eigenvalue weighted by Gasteiger charge is -2.07. The van der Waals surface area contributed by atoms with E-state index in [2.05, 4.69) is 28.5 Å². The van der Waals surface area contributed by atoms with Crippen LogP contribution in [0, 0.1) is 11.3 Å². The second kappa shape index (κ2) is 9.84. The van der Waals surface area contributed by atoms with Crippen molar-refractivity contribution in [3.05, 3.63) is 101 Å². The van der Waals surface area contributed by atoms with E-state index in [4.69, 9.17) is 20.8 Å². The fourth-order valence-corrected chi connectivity index (χ4v) is 3.17. The number of rotatable bonds is 8. The van der Waals surface area contributed by atoms with Gasteiger partial charge in [-0.1, -0.05) is 54.1 Å². The van der Waals surface area contributed by atoms with E-state index in [1.165, 1.54) is 5.56 Å². The van der Waals surface area contributed by atoms with Crippen molar-refractivity contribution in [1.29, 1.82) is 5.26 Å². The van der Waals surface area contributed by atoms with E-state index >= 15 is 0 Å². The van der Waals surface area contributed by atoms with Gasteiger partial charge in [0.05, 0.1) is 0 Å². The highest BCUT2D eigenvalue weighted by atomic mass is 35.5. The number of aromatic nitrogens is 1. The second-order valence-electron chi connectivity index (χ2n) is 6.91. The smallest absolute Gasteiger partial charge is 0.232 e. The summed E-state index contributed by atoms with van der Waals surface area (Å²) in [6, 6.07) is 27.2. The lowest BCUT2D eigenvalue weighted by Crippen LogP contribution is -2.05. The zero-order chi connectivity index (χ0) is 21.5. The lowest BCUT2D eigenvalue weighted by molar-refractivity contribution is 0.306. The van der Waals surface area contributed by atoms with Crippen LogP contribution in [0.15, 0.2) is 83.3 Å². The minimum Gasteiger partial charge on any atom is -0.489 e. The first-order valence-corrected chi connectivity index (χ1v) is 10.3. The molecule has 0 aliphatic heterocycles. The van der Waals surface area contributed by atoms with E-state index in [1.807, 2.05) is 66.7 Å². The van der Waals surface area contributed by atoms with Gasteiger partial charge < -0.3 is 14.5 Å². The molecule has 6 heteroatoms. The van der Waals surface area contributed by atoms with Gasteiger partial charge in [0.15, 0.2) is 0 Å². The van der Waals surface area contributed by atoms with Crippen molar-refractivity contribution in [2.45, 2.75) is 13.0 Å². The number of anilines is 1. The molecule has 0 spiro atoms. The molecule has 5 nitrogen and oxygen atoms in total. The number of ether oxygens (including phenoxy) is 1. The van der Waals surface area contributed by atoms with Crippen LogP contribution >= 0.6 is 11.6 Å². The Balaban J connectivity index is 1.38. The molecule has 0 aliphatic carbocycles. The van der Waals surface area contributed by atoms with Crippen molar-refractivity contribution in [3.63, 3.8) is 0 Å². The minimum atomic E-state index is 0.242. The van der Waals surface area contributed by atoms with Gasteiger partial charge >= 0.3 is 0 Å². The summed E-state index contributed by atoms with van der Waals surface area (Å²) in [4.78, 5) is 4.31. The van der Waals surface area contributed by atoms with Crippen molar-refractivity contribution < 1.29 is 9.15 Å². The molecule has 0 saturated heterocycles. The Morgan fingerprint density at radius 3 is 2.39 bits per heavy atom. The van der Waals surface area contributed by atoms with Gasteiger partial charge in [-0.3, -0.25) is 0 Å². The van der Waals surface area contributed by atoms with Crippen LogP contribution in [-0.2, 0) is 13.0 Å². The Morgan fingerprint density at radius 2 is 1.68 bits per heavy atom. The van der Waals surface area contributed by atoms with Crippen molar-refractivity contribution in [2.75, 3.05) is 11.9 Å². The Labute approximate surface area is 185 Å². The molecule has 0 saturated carbocycles. The summed E-state index contributed by atoms with van der Waals surface area (Å²) in [5.74, 6) is 1.51. The van der Waals surface area contributed by atoms with Gasteiger partial charge in [-0.25, -0.2) is 0 Å². The zero-order valence-corrected chi connectivity index (χ0v) is 17.5. The standard InChI is InChI=1S/C25H20ClN3O2/c26-21-10-6-19(7-11-21)17-30-22-12-8-20(9-13-22)24-29-23(16-27)25(31-24)28-15-14-18-4-2-1-3-5-18/h1-13,28H,14-15,17H2. The molecule has 0 bridgehead atoms. The van der Waals surface area contributed by atoms with Crippen LogP contribution in [0.2, 0.25) is 5.02 Å². The Bertz CT molecular complexity index is 1160. The molecule has 1 aromatic heterocycles. The molecule has 3 aromatic carbocycles.